The number of benzene rings is 2. The maximum atomic E-state index is 13.7. The van der Waals surface area contributed by atoms with Crippen LogP contribution in [-0.2, 0) is 15.1 Å². The Bertz CT molecular complexity index is 966. The molecule has 0 aliphatic carbocycles. The molecule has 9 heteroatoms. The van der Waals surface area contributed by atoms with Crippen LogP contribution in [0.15, 0.2) is 42.5 Å². The van der Waals surface area contributed by atoms with E-state index in [9.17, 15) is 18.8 Å². The average Bonchev–Trinajstić information content (AvgIpc) is 2.91. The van der Waals surface area contributed by atoms with E-state index in [-0.39, 0.29) is 17.7 Å². The lowest BCUT2D eigenvalue weighted by molar-refractivity contribution is -0.129. The zero-order chi connectivity index (χ0) is 19.2. The van der Waals surface area contributed by atoms with Gasteiger partial charge < -0.3 is 15.4 Å². The molecular weight excluding hydrogens is 377 g/mol. The minimum atomic E-state index is -1.57. The molecule has 0 unspecified atom stereocenters. The van der Waals surface area contributed by atoms with Crippen molar-refractivity contribution in [1.82, 2.24) is 10.6 Å². The lowest BCUT2D eigenvalue weighted by atomic mass is 9.81. The molecule has 4 rings (SSSR count). The summed E-state index contributed by atoms with van der Waals surface area (Å²) in [5.74, 6) is -1.61. The molecule has 0 radical (unpaired) electrons. The van der Waals surface area contributed by atoms with Crippen molar-refractivity contribution in [3.8, 4) is 5.75 Å². The fraction of sp³-hybridized carbons (Fsp3) is 0.167. The average molecular weight is 390 g/mol. The molecule has 2 atom stereocenters. The lowest BCUT2D eigenvalue weighted by Crippen LogP contribution is -2.53. The Balaban J connectivity index is 1.67. The molecule has 138 valence electrons. The van der Waals surface area contributed by atoms with E-state index in [0.29, 0.717) is 10.7 Å². The van der Waals surface area contributed by atoms with Gasteiger partial charge in [-0.25, -0.2) is 9.18 Å². The predicted octanol–water partition coefficient (Wildman–Crippen LogP) is 2.30. The first-order valence-corrected chi connectivity index (χ1v) is 8.42. The number of urea groups is 1. The number of hydrogen-bond donors (Lipinski definition) is 3. The highest BCUT2D eigenvalue weighted by Gasteiger charge is 2.54. The maximum absolute atomic E-state index is 13.7. The van der Waals surface area contributed by atoms with Crippen LogP contribution in [0.25, 0.3) is 0 Å². The third-order valence-corrected chi connectivity index (χ3v) is 4.76. The fourth-order valence-corrected chi connectivity index (χ4v) is 3.37. The van der Waals surface area contributed by atoms with Gasteiger partial charge in [-0.3, -0.25) is 14.9 Å². The predicted molar refractivity (Wildman–Crippen MR) is 93.9 cm³/mol. The number of imide groups is 1. The van der Waals surface area contributed by atoms with E-state index in [1.165, 1.54) is 6.07 Å². The summed E-state index contributed by atoms with van der Waals surface area (Å²) >= 11 is 5.82. The summed E-state index contributed by atoms with van der Waals surface area (Å²) in [4.78, 5) is 36.9. The molecule has 2 aromatic carbocycles. The lowest BCUT2D eigenvalue weighted by Gasteiger charge is -2.36. The van der Waals surface area contributed by atoms with Gasteiger partial charge >= 0.3 is 6.03 Å². The number of ether oxygens (including phenoxy) is 1. The molecule has 2 aliphatic rings. The van der Waals surface area contributed by atoms with Crippen LogP contribution in [0.1, 0.15) is 12.0 Å². The van der Waals surface area contributed by atoms with E-state index in [1.54, 1.807) is 24.3 Å². The number of carbonyl (C=O) groups is 3. The summed E-state index contributed by atoms with van der Waals surface area (Å²) < 4.78 is 19.4. The van der Waals surface area contributed by atoms with E-state index in [0.717, 1.165) is 12.1 Å². The largest absolute Gasteiger partial charge is 0.480 e. The second kappa shape index (κ2) is 6.24. The van der Waals surface area contributed by atoms with Crippen molar-refractivity contribution >= 4 is 35.1 Å². The number of rotatable bonds is 2. The number of fused-ring (bicyclic) bond motifs is 2. The van der Waals surface area contributed by atoms with Crippen molar-refractivity contribution in [3.05, 3.63) is 58.9 Å². The zero-order valence-electron chi connectivity index (χ0n) is 13.7. The van der Waals surface area contributed by atoms with Crippen LogP contribution in [0, 0.1) is 5.82 Å². The van der Waals surface area contributed by atoms with Gasteiger partial charge in [-0.2, -0.15) is 0 Å². The number of anilines is 1. The summed E-state index contributed by atoms with van der Waals surface area (Å²) in [6, 6.07) is 9.35. The highest BCUT2D eigenvalue weighted by atomic mass is 35.5. The van der Waals surface area contributed by atoms with E-state index >= 15 is 0 Å². The van der Waals surface area contributed by atoms with Crippen LogP contribution in [0.5, 0.6) is 5.75 Å². The molecule has 1 fully saturated rings. The Kier molecular flexibility index (Phi) is 4.00. The normalized spacial score (nSPS) is 23.3. The third-order valence-electron chi connectivity index (χ3n) is 4.51. The van der Waals surface area contributed by atoms with Crippen LogP contribution < -0.4 is 20.7 Å². The second-order valence-corrected chi connectivity index (χ2v) is 6.70. The number of carbonyl (C=O) groups excluding carboxylic acids is 3. The topological polar surface area (TPSA) is 96.5 Å². The van der Waals surface area contributed by atoms with Gasteiger partial charge in [0.1, 0.15) is 11.6 Å². The Morgan fingerprint density at radius 3 is 2.63 bits per heavy atom. The zero-order valence-corrected chi connectivity index (χ0v) is 14.5. The first-order chi connectivity index (χ1) is 12.9. The molecule has 2 aromatic rings. The van der Waals surface area contributed by atoms with Gasteiger partial charge in [-0.15, -0.1) is 0 Å². The molecule has 27 heavy (non-hydrogen) atoms. The molecule has 7 nitrogen and oxygen atoms in total. The molecule has 2 aliphatic heterocycles. The highest BCUT2D eigenvalue weighted by molar-refractivity contribution is 6.30. The SMILES string of the molecule is O=C1NC(=O)[C@@]2(C[C@@H](C(=O)Nc3ccc(Cl)cc3)Oc3ccc(F)cc32)N1. The Hall–Kier alpha value is -3.13. The van der Waals surface area contributed by atoms with Crippen LogP contribution in [0.3, 0.4) is 0 Å². The fourth-order valence-electron chi connectivity index (χ4n) is 3.25. The van der Waals surface area contributed by atoms with Gasteiger partial charge in [-0.05, 0) is 42.5 Å². The smallest absolute Gasteiger partial charge is 0.322 e. The first-order valence-electron chi connectivity index (χ1n) is 8.04. The number of halogens is 2. The van der Waals surface area contributed by atoms with E-state index in [1.807, 2.05) is 0 Å². The molecule has 0 aromatic heterocycles. The summed E-state index contributed by atoms with van der Waals surface area (Å²) in [5, 5.41) is 7.84. The van der Waals surface area contributed by atoms with E-state index < -0.39 is 35.3 Å². The van der Waals surface area contributed by atoms with Crippen molar-refractivity contribution in [3.63, 3.8) is 0 Å². The van der Waals surface area contributed by atoms with Gasteiger partial charge in [-0.1, -0.05) is 11.6 Å². The monoisotopic (exact) mass is 389 g/mol. The summed E-state index contributed by atoms with van der Waals surface area (Å²) in [6.45, 7) is 0. The molecule has 2 heterocycles. The highest BCUT2D eigenvalue weighted by Crippen LogP contribution is 2.41. The van der Waals surface area contributed by atoms with Gasteiger partial charge in [0.2, 0.25) is 0 Å². The van der Waals surface area contributed by atoms with E-state index in [4.69, 9.17) is 16.3 Å². The molecular formula is C18H13ClFN3O4. The van der Waals surface area contributed by atoms with Crippen molar-refractivity contribution in [2.24, 2.45) is 0 Å². The Morgan fingerprint density at radius 2 is 1.96 bits per heavy atom. The Labute approximate surface area is 157 Å². The minimum absolute atomic E-state index is 0.149. The summed E-state index contributed by atoms with van der Waals surface area (Å²) in [6.07, 6.45) is -1.26. The number of nitrogens with one attached hydrogen (secondary N) is 3. The van der Waals surface area contributed by atoms with Crippen molar-refractivity contribution in [2.45, 2.75) is 18.1 Å². The van der Waals surface area contributed by atoms with Gasteiger partial charge in [0.25, 0.3) is 11.8 Å². The quantitative estimate of drug-likeness (QED) is 0.687. The molecule has 3 N–H and O–H groups in total. The molecule has 0 saturated carbocycles. The summed E-state index contributed by atoms with van der Waals surface area (Å²) in [7, 11) is 0. The Morgan fingerprint density at radius 1 is 1.22 bits per heavy atom. The summed E-state index contributed by atoms with van der Waals surface area (Å²) in [5.41, 5.74) is -0.914. The second-order valence-electron chi connectivity index (χ2n) is 6.26. The third kappa shape index (κ3) is 2.97. The number of amides is 4. The van der Waals surface area contributed by atoms with Crippen molar-refractivity contribution in [1.29, 1.82) is 0 Å². The van der Waals surface area contributed by atoms with Crippen LogP contribution >= 0.6 is 11.6 Å². The van der Waals surface area contributed by atoms with Crippen molar-refractivity contribution in [2.75, 3.05) is 5.32 Å². The van der Waals surface area contributed by atoms with Crippen molar-refractivity contribution < 1.29 is 23.5 Å². The number of hydrogen-bond acceptors (Lipinski definition) is 4. The molecule has 0 bridgehead atoms. The standard InChI is InChI=1S/C18H13ClFN3O4/c19-9-1-4-11(5-2-9)21-15(24)14-8-18(16(25)22-17(26)23-18)12-7-10(20)3-6-13(12)27-14/h1-7,14H,8H2,(H,21,24)(H2,22,23,25,26)/t14-,18-/m0/s1. The maximum Gasteiger partial charge on any atom is 0.322 e. The molecule has 1 spiro atoms. The van der Waals surface area contributed by atoms with Gasteiger partial charge in [0, 0.05) is 22.7 Å². The van der Waals surface area contributed by atoms with Crippen LogP contribution in [-0.4, -0.2) is 23.9 Å². The van der Waals surface area contributed by atoms with Gasteiger partial charge in [0.15, 0.2) is 11.6 Å². The molecule has 1 saturated heterocycles. The minimum Gasteiger partial charge on any atom is -0.480 e. The van der Waals surface area contributed by atoms with Crippen LogP contribution in [0.4, 0.5) is 14.9 Å². The van der Waals surface area contributed by atoms with Gasteiger partial charge in [0.05, 0.1) is 0 Å². The van der Waals surface area contributed by atoms with Crippen LogP contribution in [0.2, 0.25) is 5.02 Å². The first kappa shape index (κ1) is 17.3. The molecule has 4 amide bonds. The van der Waals surface area contributed by atoms with E-state index in [2.05, 4.69) is 16.0 Å².